The molecule has 2 heterocycles. The molecule has 0 unspecified atom stereocenters. The van der Waals surface area contributed by atoms with Crippen molar-refractivity contribution in [1.82, 2.24) is 10.2 Å². The Balaban J connectivity index is 1.33. The second-order valence-corrected chi connectivity index (χ2v) is 9.31. The van der Waals surface area contributed by atoms with Gasteiger partial charge in [0.05, 0.1) is 12.1 Å². The molecule has 2 amide bonds. The van der Waals surface area contributed by atoms with E-state index in [-0.39, 0.29) is 18.2 Å². The van der Waals surface area contributed by atoms with Gasteiger partial charge in [-0.2, -0.15) is 0 Å². The number of rotatable bonds is 6. The van der Waals surface area contributed by atoms with Gasteiger partial charge in [-0.05, 0) is 35.4 Å². The molecule has 170 valence electrons. The largest absolute Gasteiger partial charge is 0.352 e. The molecule has 0 saturated heterocycles. The van der Waals surface area contributed by atoms with Gasteiger partial charge in [0, 0.05) is 22.9 Å². The minimum atomic E-state index is -0.779. The number of hydrogen-bond donors (Lipinski definition) is 1. The van der Waals surface area contributed by atoms with Crippen LogP contribution in [0.25, 0.3) is 0 Å². The van der Waals surface area contributed by atoms with Crippen molar-refractivity contribution in [3.8, 4) is 0 Å². The van der Waals surface area contributed by atoms with E-state index in [0.717, 1.165) is 22.4 Å². The van der Waals surface area contributed by atoms with E-state index in [1.54, 1.807) is 4.90 Å². The maximum absolute atomic E-state index is 13.3. The second-order valence-electron chi connectivity index (χ2n) is 7.94. The van der Waals surface area contributed by atoms with Crippen molar-refractivity contribution in [3.05, 3.63) is 101 Å². The Bertz CT molecular complexity index is 1290. The van der Waals surface area contributed by atoms with Crippen LogP contribution in [0.3, 0.4) is 0 Å². The van der Waals surface area contributed by atoms with Crippen LogP contribution in [0.15, 0.2) is 88.8 Å². The van der Waals surface area contributed by atoms with Crippen molar-refractivity contribution in [3.63, 3.8) is 0 Å². The lowest BCUT2D eigenvalue weighted by atomic mass is 10.1. The fourth-order valence-electron chi connectivity index (χ4n) is 3.80. The standard InChI is InChI=1S/C26H21ClN4O2S/c27-19-12-10-18(11-13-19)16-34-26-30-21-9-5-4-8-20(21)24-29-22(25(33)31(24)26)14-23(32)28-15-17-6-2-1-3-7-17/h1-13,22H,14-16H2,(H,28,32)/t22-/m1/s1. The van der Waals surface area contributed by atoms with Gasteiger partial charge in [0.1, 0.15) is 11.9 Å². The number of amidine groups is 2. The molecule has 3 aromatic rings. The highest BCUT2D eigenvalue weighted by molar-refractivity contribution is 8.13. The van der Waals surface area contributed by atoms with Crippen LogP contribution in [0, 0.1) is 0 Å². The summed E-state index contributed by atoms with van der Waals surface area (Å²) >= 11 is 7.45. The van der Waals surface area contributed by atoms with Gasteiger partial charge in [-0.1, -0.05) is 78.0 Å². The molecule has 1 N–H and O–H groups in total. The molecule has 34 heavy (non-hydrogen) atoms. The van der Waals surface area contributed by atoms with Crippen LogP contribution in [0.4, 0.5) is 5.69 Å². The van der Waals surface area contributed by atoms with Gasteiger partial charge in [-0.25, -0.2) is 9.89 Å². The smallest absolute Gasteiger partial charge is 0.259 e. The fourth-order valence-corrected chi connectivity index (χ4v) is 4.89. The Labute approximate surface area is 206 Å². The van der Waals surface area contributed by atoms with Crippen LogP contribution < -0.4 is 5.32 Å². The van der Waals surface area contributed by atoms with E-state index in [1.807, 2.05) is 78.9 Å². The molecule has 1 atom stereocenters. The zero-order valence-corrected chi connectivity index (χ0v) is 19.7. The predicted molar refractivity (Wildman–Crippen MR) is 136 cm³/mol. The summed E-state index contributed by atoms with van der Waals surface area (Å²) in [5, 5.41) is 4.12. The molecule has 0 saturated carbocycles. The SMILES string of the molecule is O=C(C[C@H]1N=C2c3ccccc3N=C(SCc3ccc(Cl)cc3)N2C1=O)NCc1ccccc1. The first kappa shape index (κ1) is 22.4. The molecule has 0 aromatic heterocycles. The number of amides is 2. The van der Waals surface area contributed by atoms with E-state index in [1.165, 1.54) is 11.8 Å². The van der Waals surface area contributed by atoms with Gasteiger partial charge in [0.2, 0.25) is 5.91 Å². The van der Waals surface area contributed by atoms with Gasteiger partial charge in [0.25, 0.3) is 5.91 Å². The second kappa shape index (κ2) is 9.83. The molecular weight excluding hydrogens is 468 g/mol. The quantitative estimate of drug-likeness (QED) is 0.534. The lowest BCUT2D eigenvalue weighted by molar-refractivity contribution is -0.128. The first-order valence-corrected chi connectivity index (χ1v) is 12.2. The van der Waals surface area contributed by atoms with Crippen molar-refractivity contribution in [2.24, 2.45) is 9.98 Å². The number of thioether (sulfide) groups is 1. The summed E-state index contributed by atoms with van der Waals surface area (Å²) in [6.45, 7) is 0.410. The molecule has 5 rings (SSSR count). The van der Waals surface area contributed by atoms with E-state index < -0.39 is 6.04 Å². The van der Waals surface area contributed by atoms with Crippen molar-refractivity contribution < 1.29 is 9.59 Å². The monoisotopic (exact) mass is 488 g/mol. The summed E-state index contributed by atoms with van der Waals surface area (Å²) in [5.74, 6) is 0.723. The number of aliphatic imine (C=N–C) groups is 2. The third kappa shape index (κ3) is 4.76. The lowest BCUT2D eigenvalue weighted by Crippen LogP contribution is -2.42. The van der Waals surface area contributed by atoms with E-state index in [2.05, 4.69) is 10.3 Å². The van der Waals surface area contributed by atoms with Crippen LogP contribution >= 0.6 is 23.4 Å². The number of para-hydroxylation sites is 1. The van der Waals surface area contributed by atoms with Crippen molar-refractivity contribution in [2.75, 3.05) is 0 Å². The maximum atomic E-state index is 13.3. The average Bonchev–Trinajstić information content (AvgIpc) is 3.19. The molecule has 8 heteroatoms. The molecule has 6 nitrogen and oxygen atoms in total. The Kier molecular flexibility index (Phi) is 6.47. The maximum Gasteiger partial charge on any atom is 0.259 e. The molecule has 0 radical (unpaired) electrons. The first-order valence-electron chi connectivity index (χ1n) is 10.9. The van der Waals surface area contributed by atoms with E-state index in [4.69, 9.17) is 16.6 Å². The third-order valence-corrected chi connectivity index (χ3v) is 6.80. The summed E-state index contributed by atoms with van der Waals surface area (Å²) in [7, 11) is 0. The number of halogens is 1. The summed E-state index contributed by atoms with van der Waals surface area (Å²) in [6, 6.07) is 24.1. The highest BCUT2D eigenvalue weighted by atomic mass is 35.5. The Hall–Kier alpha value is -3.42. The molecule has 2 aliphatic rings. The van der Waals surface area contributed by atoms with Crippen LogP contribution in [0.1, 0.15) is 23.1 Å². The highest BCUT2D eigenvalue weighted by Crippen LogP contribution is 2.35. The fraction of sp³-hybridized carbons (Fsp3) is 0.154. The van der Waals surface area contributed by atoms with Crippen LogP contribution in [-0.2, 0) is 21.9 Å². The van der Waals surface area contributed by atoms with Crippen LogP contribution in [-0.4, -0.2) is 33.8 Å². The van der Waals surface area contributed by atoms with Crippen molar-refractivity contribution in [2.45, 2.75) is 24.8 Å². The minimum absolute atomic E-state index is 0.0109. The minimum Gasteiger partial charge on any atom is -0.352 e. The lowest BCUT2D eigenvalue weighted by Gasteiger charge is -2.25. The summed E-state index contributed by atoms with van der Waals surface area (Å²) in [4.78, 5) is 36.9. The highest BCUT2D eigenvalue weighted by Gasteiger charge is 2.42. The number of carbonyl (C=O) groups is 2. The normalized spacial score (nSPS) is 16.4. The number of hydrogen-bond acceptors (Lipinski definition) is 5. The number of carbonyl (C=O) groups excluding carboxylic acids is 2. The Morgan fingerprint density at radius 2 is 1.71 bits per heavy atom. The molecule has 2 aliphatic heterocycles. The van der Waals surface area contributed by atoms with Gasteiger partial charge >= 0.3 is 0 Å². The zero-order valence-electron chi connectivity index (χ0n) is 18.1. The number of nitrogens with one attached hydrogen (secondary N) is 1. The van der Waals surface area contributed by atoms with Crippen molar-refractivity contribution in [1.29, 1.82) is 0 Å². The third-order valence-electron chi connectivity index (χ3n) is 5.54. The van der Waals surface area contributed by atoms with Gasteiger partial charge in [-0.15, -0.1) is 0 Å². The van der Waals surface area contributed by atoms with E-state index >= 15 is 0 Å². The molecule has 0 spiro atoms. The van der Waals surface area contributed by atoms with Gasteiger partial charge in [0.15, 0.2) is 5.17 Å². The first-order chi connectivity index (χ1) is 16.6. The summed E-state index contributed by atoms with van der Waals surface area (Å²) in [6.07, 6.45) is -0.0109. The van der Waals surface area contributed by atoms with Crippen molar-refractivity contribution >= 4 is 51.9 Å². The Morgan fingerprint density at radius 1 is 0.971 bits per heavy atom. The molecule has 0 aliphatic carbocycles. The predicted octanol–water partition coefficient (Wildman–Crippen LogP) is 4.94. The number of benzene rings is 3. The summed E-state index contributed by atoms with van der Waals surface area (Å²) < 4.78 is 0. The zero-order chi connectivity index (χ0) is 23.5. The average molecular weight is 489 g/mol. The Morgan fingerprint density at radius 3 is 2.50 bits per heavy atom. The molecule has 0 bridgehead atoms. The van der Waals surface area contributed by atoms with Crippen LogP contribution in [0.2, 0.25) is 5.02 Å². The number of nitrogens with zero attached hydrogens (tertiary/aromatic N) is 3. The van der Waals surface area contributed by atoms with E-state index in [9.17, 15) is 9.59 Å². The molecule has 0 fully saturated rings. The molecular formula is C26H21ClN4O2S. The van der Waals surface area contributed by atoms with E-state index in [0.29, 0.717) is 28.3 Å². The molecule has 3 aromatic carbocycles. The van der Waals surface area contributed by atoms with Gasteiger partial charge in [-0.3, -0.25) is 14.6 Å². The summed E-state index contributed by atoms with van der Waals surface area (Å²) in [5.41, 5.74) is 3.62. The van der Waals surface area contributed by atoms with Gasteiger partial charge < -0.3 is 5.32 Å². The topological polar surface area (TPSA) is 74.1 Å². The number of fused-ring (bicyclic) bond motifs is 3. The van der Waals surface area contributed by atoms with Crippen LogP contribution in [0.5, 0.6) is 0 Å².